The van der Waals surface area contributed by atoms with Crippen molar-refractivity contribution in [3.8, 4) is 0 Å². The van der Waals surface area contributed by atoms with Crippen LogP contribution in [0, 0.1) is 6.92 Å². The van der Waals surface area contributed by atoms with Crippen molar-refractivity contribution in [2.75, 3.05) is 22.9 Å². The highest BCUT2D eigenvalue weighted by Crippen LogP contribution is 2.41. The van der Waals surface area contributed by atoms with Gasteiger partial charge in [0.25, 0.3) is 30.4 Å². The fraction of sp³-hybridized carbons (Fsp3) is 0.0256. The molecular weight excluding hydrogens is 877 g/mol. The van der Waals surface area contributed by atoms with Crippen LogP contribution in [0.5, 0.6) is 0 Å². The normalized spacial score (nSPS) is 12.8. The number of rotatable bonds is 11. The molecular formula is C39H32N12O9S3. The molecule has 0 radical (unpaired) electrons. The van der Waals surface area contributed by atoms with E-state index < -0.39 is 35.2 Å². The van der Waals surface area contributed by atoms with Gasteiger partial charge in [-0.15, -0.1) is 30.7 Å². The summed E-state index contributed by atoms with van der Waals surface area (Å²) in [7, 11) is -13.9. The predicted octanol–water partition coefficient (Wildman–Crippen LogP) is 10.0. The van der Waals surface area contributed by atoms with Gasteiger partial charge in [0.05, 0.1) is 50.4 Å². The first kappa shape index (κ1) is 43.5. The van der Waals surface area contributed by atoms with Crippen molar-refractivity contribution in [2.45, 2.75) is 21.6 Å². The van der Waals surface area contributed by atoms with E-state index in [2.05, 4.69) is 40.9 Å². The van der Waals surface area contributed by atoms with E-state index in [9.17, 15) is 38.9 Å². The largest absolute Gasteiger partial charge is 0.397 e. The maximum absolute atomic E-state index is 12.4. The second-order valence-corrected chi connectivity index (χ2v) is 17.7. The first-order chi connectivity index (χ1) is 29.7. The van der Waals surface area contributed by atoms with Crippen molar-refractivity contribution < 1.29 is 38.9 Å². The van der Waals surface area contributed by atoms with Gasteiger partial charge in [-0.2, -0.15) is 35.5 Å². The number of hydrogen-bond acceptors (Lipinski definition) is 18. The van der Waals surface area contributed by atoms with E-state index in [1.165, 1.54) is 67.6 Å². The summed E-state index contributed by atoms with van der Waals surface area (Å²) in [6.07, 6.45) is 0. The van der Waals surface area contributed by atoms with Crippen molar-refractivity contribution in [3.63, 3.8) is 0 Å². The van der Waals surface area contributed by atoms with Gasteiger partial charge in [0.1, 0.15) is 32.5 Å². The van der Waals surface area contributed by atoms with Crippen molar-refractivity contribution in [3.05, 3.63) is 115 Å². The summed E-state index contributed by atoms with van der Waals surface area (Å²) in [5.74, 6) is 0. The lowest BCUT2D eigenvalue weighted by Gasteiger charge is -2.08. The lowest BCUT2D eigenvalue weighted by Crippen LogP contribution is -1.98. The molecule has 7 aromatic rings. The number of azo groups is 4. The molecule has 7 rings (SSSR count). The van der Waals surface area contributed by atoms with Crippen LogP contribution in [-0.2, 0) is 30.4 Å². The Balaban J connectivity index is 1.21. The van der Waals surface area contributed by atoms with Crippen molar-refractivity contribution in [1.82, 2.24) is 0 Å². The molecule has 0 bridgehead atoms. The van der Waals surface area contributed by atoms with Gasteiger partial charge in [-0.1, -0.05) is 48.5 Å². The molecule has 0 amide bonds. The number of nitrogens with zero attached hydrogens (tertiary/aromatic N) is 8. The number of nitrogen functional groups attached to an aromatic ring is 4. The molecule has 0 aliphatic rings. The molecule has 7 aromatic carbocycles. The van der Waals surface area contributed by atoms with E-state index in [0.717, 1.165) is 12.1 Å². The second-order valence-electron chi connectivity index (χ2n) is 13.5. The zero-order valence-corrected chi connectivity index (χ0v) is 34.7. The van der Waals surface area contributed by atoms with Crippen LogP contribution in [0.15, 0.2) is 165 Å². The van der Waals surface area contributed by atoms with E-state index in [-0.39, 0.29) is 94.4 Å². The standard InChI is InChI=1S/C39H32N12O9S3/c1-20-32(46-50-36-18-34(26(40)16-28(36)42)48-44-30-10-12-38(62(55,56)57)24-8-4-2-6-22(24)30)14-21(61(52,53)54)15-33(20)47-51-37-19-35(27(41)17-29(37)43)49-45-31-11-13-39(63(58,59)60)25-9-5-3-7-23(25)31/h2-19H,40-43H2,1H3,(H,52,53,54)(H,55,56,57)(H,58,59,60). The maximum atomic E-state index is 12.4. The molecule has 0 unspecified atom stereocenters. The molecule has 21 nitrogen and oxygen atoms in total. The highest BCUT2D eigenvalue weighted by molar-refractivity contribution is 7.86. The molecule has 0 aliphatic heterocycles. The van der Waals surface area contributed by atoms with Gasteiger partial charge in [-0.05, 0) is 67.6 Å². The SMILES string of the molecule is Cc1c(N=Nc2cc(N=Nc3ccc(S(=O)(=O)O)c4ccccc34)c(N)cc2N)cc(S(=O)(=O)O)cc1N=Nc1cc(N=Nc2ccc(S(=O)(=O)O)c3ccccc23)c(N)cc1N. The summed E-state index contributed by atoms with van der Waals surface area (Å²) in [4.78, 5) is -1.22. The van der Waals surface area contributed by atoms with E-state index in [4.69, 9.17) is 22.9 Å². The molecule has 0 atom stereocenters. The molecule has 11 N–H and O–H groups in total. The molecule has 0 fully saturated rings. The topological polar surface area (TPSA) is 366 Å². The summed E-state index contributed by atoms with van der Waals surface area (Å²) in [6.45, 7) is 1.53. The molecule has 63 heavy (non-hydrogen) atoms. The zero-order chi connectivity index (χ0) is 45.4. The molecule has 0 spiro atoms. The minimum atomic E-state index is -4.83. The first-order valence-electron chi connectivity index (χ1n) is 17.8. The Labute approximate surface area is 357 Å². The molecule has 0 saturated carbocycles. The van der Waals surface area contributed by atoms with E-state index >= 15 is 0 Å². The van der Waals surface area contributed by atoms with E-state index in [1.807, 2.05) is 0 Å². The lowest BCUT2D eigenvalue weighted by molar-refractivity contribution is 0.481. The van der Waals surface area contributed by atoms with Gasteiger partial charge in [0, 0.05) is 27.1 Å². The highest BCUT2D eigenvalue weighted by atomic mass is 32.2. The average Bonchev–Trinajstić information content (AvgIpc) is 3.21. The van der Waals surface area contributed by atoms with Gasteiger partial charge in [-0.25, -0.2) is 0 Å². The van der Waals surface area contributed by atoms with Crippen LogP contribution in [0.3, 0.4) is 0 Å². The Morgan fingerprint density at radius 3 is 0.984 bits per heavy atom. The Morgan fingerprint density at radius 1 is 0.365 bits per heavy atom. The third-order valence-electron chi connectivity index (χ3n) is 9.32. The Bertz CT molecular complexity index is 3300. The summed E-state index contributed by atoms with van der Waals surface area (Å²) >= 11 is 0. The predicted molar refractivity (Wildman–Crippen MR) is 236 cm³/mol. The van der Waals surface area contributed by atoms with Crippen LogP contribution >= 0.6 is 0 Å². The minimum absolute atomic E-state index is 0.0308. The highest BCUT2D eigenvalue weighted by Gasteiger charge is 2.19. The van der Waals surface area contributed by atoms with Crippen LogP contribution in [0.25, 0.3) is 21.5 Å². The third-order valence-corrected chi connectivity index (χ3v) is 12.0. The number of fused-ring (bicyclic) bond motifs is 2. The summed E-state index contributed by atoms with van der Waals surface area (Å²) in [6, 6.07) is 25.3. The van der Waals surface area contributed by atoms with Gasteiger partial charge < -0.3 is 22.9 Å². The van der Waals surface area contributed by atoms with E-state index in [1.54, 1.807) is 36.4 Å². The molecule has 24 heteroatoms. The van der Waals surface area contributed by atoms with Crippen LogP contribution < -0.4 is 22.9 Å². The molecule has 0 aromatic heterocycles. The van der Waals surface area contributed by atoms with Gasteiger partial charge in [0.2, 0.25) is 0 Å². The summed E-state index contributed by atoms with van der Waals surface area (Å²) < 4.78 is 102. The fourth-order valence-electron chi connectivity index (χ4n) is 6.15. The fourth-order valence-corrected chi connectivity index (χ4v) is 8.06. The Kier molecular flexibility index (Phi) is 11.5. The number of benzene rings is 7. The van der Waals surface area contributed by atoms with Crippen molar-refractivity contribution >= 4 is 120 Å². The average molecular weight is 909 g/mol. The van der Waals surface area contributed by atoms with E-state index in [0.29, 0.717) is 10.8 Å². The minimum Gasteiger partial charge on any atom is -0.397 e. The van der Waals surface area contributed by atoms with Gasteiger partial charge >= 0.3 is 0 Å². The quantitative estimate of drug-likeness (QED) is 0.0361. The smallest absolute Gasteiger partial charge is 0.295 e. The van der Waals surface area contributed by atoms with Gasteiger partial charge in [0.15, 0.2) is 0 Å². The Hall–Kier alpha value is -7.61. The number of hydrogen-bond donors (Lipinski definition) is 7. The van der Waals surface area contributed by atoms with Crippen LogP contribution in [0.2, 0.25) is 0 Å². The Morgan fingerprint density at radius 2 is 0.667 bits per heavy atom. The second kappa shape index (κ2) is 16.7. The van der Waals surface area contributed by atoms with Crippen LogP contribution in [0.4, 0.5) is 68.2 Å². The molecule has 0 heterocycles. The van der Waals surface area contributed by atoms with Crippen LogP contribution in [0.1, 0.15) is 5.56 Å². The van der Waals surface area contributed by atoms with Gasteiger partial charge in [-0.3, -0.25) is 13.7 Å². The summed E-state index contributed by atoms with van der Waals surface area (Å²) in [5.41, 5.74) is 25.8. The van der Waals surface area contributed by atoms with Crippen molar-refractivity contribution in [2.24, 2.45) is 40.9 Å². The first-order valence-corrected chi connectivity index (χ1v) is 22.2. The number of nitrogens with two attached hydrogens (primary N) is 4. The molecule has 320 valence electrons. The lowest BCUT2D eigenvalue weighted by atomic mass is 10.1. The number of anilines is 4. The molecule has 0 aliphatic carbocycles. The maximum Gasteiger partial charge on any atom is 0.295 e. The monoisotopic (exact) mass is 908 g/mol. The van der Waals surface area contributed by atoms with Crippen LogP contribution in [-0.4, -0.2) is 38.9 Å². The molecule has 0 saturated heterocycles. The van der Waals surface area contributed by atoms with Crippen molar-refractivity contribution in [1.29, 1.82) is 0 Å². The third kappa shape index (κ3) is 9.35. The summed E-state index contributed by atoms with van der Waals surface area (Å²) in [5, 5.41) is 34.8. The zero-order valence-electron chi connectivity index (χ0n) is 32.3.